The molecule has 0 aromatic carbocycles. The molecule has 0 bridgehead atoms. The van der Waals surface area contributed by atoms with Gasteiger partial charge in [-0.05, 0) is 32.0 Å². The molecule has 0 spiro atoms. The van der Waals surface area contributed by atoms with Gasteiger partial charge in [-0.3, -0.25) is 4.98 Å². The van der Waals surface area contributed by atoms with Crippen molar-refractivity contribution in [2.75, 3.05) is 36.0 Å². The van der Waals surface area contributed by atoms with Gasteiger partial charge < -0.3 is 9.80 Å². The lowest BCUT2D eigenvalue weighted by Gasteiger charge is -2.35. The minimum Gasteiger partial charge on any atom is -0.352 e. The molecule has 1 aliphatic rings. The number of piperazine rings is 1. The van der Waals surface area contributed by atoms with Crippen LogP contribution in [0.3, 0.4) is 0 Å². The van der Waals surface area contributed by atoms with Crippen molar-refractivity contribution in [1.29, 1.82) is 0 Å². The van der Waals surface area contributed by atoms with Crippen LogP contribution < -0.4 is 9.80 Å². The molecule has 5 rings (SSSR count). The number of rotatable bonds is 3. The van der Waals surface area contributed by atoms with E-state index in [4.69, 9.17) is 4.98 Å². The van der Waals surface area contributed by atoms with Crippen molar-refractivity contribution in [1.82, 2.24) is 39.6 Å². The molecule has 10 heteroatoms. The molecule has 0 saturated carbocycles. The fourth-order valence-corrected chi connectivity index (χ4v) is 3.51. The summed E-state index contributed by atoms with van der Waals surface area (Å²) in [4.78, 5) is 13.7. The van der Waals surface area contributed by atoms with Crippen molar-refractivity contribution in [3.8, 4) is 5.82 Å². The summed E-state index contributed by atoms with van der Waals surface area (Å²) in [6, 6.07) is 5.96. The van der Waals surface area contributed by atoms with Crippen LogP contribution in [-0.2, 0) is 0 Å². The van der Waals surface area contributed by atoms with Crippen LogP contribution in [0.2, 0.25) is 0 Å². The molecule has 0 atom stereocenters. The molecule has 1 aliphatic heterocycles. The molecule has 5 heterocycles. The highest BCUT2D eigenvalue weighted by atomic mass is 15.4. The van der Waals surface area contributed by atoms with Gasteiger partial charge in [0, 0.05) is 31.9 Å². The van der Waals surface area contributed by atoms with Gasteiger partial charge in [0.15, 0.2) is 11.5 Å². The maximum Gasteiger partial charge on any atom is 0.177 e. The minimum absolute atomic E-state index is 0.741. The zero-order chi connectivity index (χ0) is 19.1. The van der Waals surface area contributed by atoms with E-state index in [2.05, 4.69) is 35.2 Å². The van der Waals surface area contributed by atoms with Crippen LogP contribution >= 0.6 is 0 Å². The van der Waals surface area contributed by atoms with Crippen LogP contribution in [0.5, 0.6) is 0 Å². The largest absolute Gasteiger partial charge is 0.352 e. The zero-order valence-corrected chi connectivity index (χ0v) is 15.8. The Bertz CT molecular complexity index is 1120. The van der Waals surface area contributed by atoms with Gasteiger partial charge in [-0.1, -0.05) is 0 Å². The van der Waals surface area contributed by atoms with E-state index in [-0.39, 0.29) is 0 Å². The molecule has 10 nitrogen and oxygen atoms in total. The second-order valence-corrected chi connectivity index (χ2v) is 6.87. The van der Waals surface area contributed by atoms with E-state index >= 15 is 0 Å². The van der Waals surface area contributed by atoms with Gasteiger partial charge in [0.05, 0.1) is 18.1 Å². The van der Waals surface area contributed by atoms with Gasteiger partial charge in [-0.2, -0.15) is 9.61 Å². The second-order valence-electron chi connectivity index (χ2n) is 6.87. The predicted molar refractivity (Wildman–Crippen MR) is 104 cm³/mol. The highest BCUT2D eigenvalue weighted by molar-refractivity contribution is 5.48. The summed E-state index contributed by atoms with van der Waals surface area (Å²) in [6.07, 6.45) is 5.18. The smallest absolute Gasteiger partial charge is 0.177 e. The number of nitrogens with zero attached hydrogens (tertiary/aromatic N) is 10. The Morgan fingerprint density at radius 1 is 0.857 bits per heavy atom. The van der Waals surface area contributed by atoms with Gasteiger partial charge in [0.1, 0.15) is 18.0 Å². The van der Waals surface area contributed by atoms with Gasteiger partial charge in [0.25, 0.3) is 0 Å². The summed E-state index contributed by atoms with van der Waals surface area (Å²) in [5, 5.41) is 17.0. The third-order valence-electron chi connectivity index (χ3n) is 4.91. The maximum atomic E-state index is 4.78. The van der Waals surface area contributed by atoms with Crippen LogP contribution in [0.25, 0.3) is 11.5 Å². The monoisotopic (exact) mass is 376 g/mol. The summed E-state index contributed by atoms with van der Waals surface area (Å²) in [5.74, 6) is 2.53. The molecule has 1 saturated heterocycles. The lowest BCUT2D eigenvalue weighted by molar-refractivity contribution is 0.633. The van der Waals surface area contributed by atoms with Crippen molar-refractivity contribution < 1.29 is 0 Å². The van der Waals surface area contributed by atoms with Crippen molar-refractivity contribution in [3.63, 3.8) is 0 Å². The third-order valence-corrected chi connectivity index (χ3v) is 4.91. The van der Waals surface area contributed by atoms with E-state index in [0.29, 0.717) is 0 Å². The second kappa shape index (κ2) is 6.55. The summed E-state index contributed by atoms with van der Waals surface area (Å²) in [7, 11) is 0. The summed E-state index contributed by atoms with van der Waals surface area (Å²) < 4.78 is 3.53. The van der Waals surface area contributed by atoms with E-state index in [1.54, 1.807) is 17.0 Å². The predicted octanol–water partition coefficient (Wildman–Crippen LogP) is 1.04. The number of hydrogen-bond donors (Lipinski definition) is 0. The Hall–Kier alpha value is -3.56. The average Bonchev–Trinajstić information content (AvgIpc) is 3.33. The first-order chi connectivity index (χ1) is 13.7. The quantitative estimate of drug-likeness (QED) is 0.524. The SMILES string of the molecule is Cc1cc(C)n(-c2cncc(N3CCN(c4ccc5nncn5n4)CC3)n2)n1. The molecule has 142 valence electrons. The highest BCUT2D eigenvalue weighted by Crippen LogP contribution is 2.19. The molecular formula is C18H20N10. The summed E-state index contributed by atoms with van der Waals surface area (Å²) in [5.41, 5.74) is 2.76. The Labute approximate surface area is 161 Å². The van der Waals surface area contributed by atoms with Crippen molar-refractivity contribution in [2.45, 2.75) is 13.8 Å². The van der Waals surface area contributed by atoms with Crippen LogP contribution in [-0.4, -0.2) is 65.7 Å². The maximum absolute atomic E-state index is 4.78. The fraction of sp³-hybridized carbons (Fsp3) is 0.333. The lowest BCUT2D eigenvalue weighted by Crippen LogP contribution is -2.47. The topological polar surface area (TPSA) is 93.2 Å². The average molecular weight is 376 g/mol. The van der Waals surface area contributed by atoms with Gasteiger partial charge in [-0.15, -0.1) is 15.3 Å². The minimum atomic E-state index is 0.741. The van der Waals surface area contributed by atoms with E-state index in [0.717, 1.165) is 60.7 Å². The molecular weight excluding hydrogens is 356 g/mol. The summed E-state index contributed by atoms with van der Waals surface area (Å²) in [6.45, 7) is 7.39. The normalized spacial score (nSPS) is 14.8. The number of hydrogen-bond acceptors (Lipinski definition) is 8. The van der Waals surface area contributed by atoms with Crippen LogP contribution in [0, 0.1) is 13.8 Å². The first-order valence-electron chi connectivity index (χ1n) is 9.20. The lowest BCUT2D eigenvalue weighted by atomic mass is 10.3. The molecule has 0 unspecified atom stereocenters. The molecule has 0 amide bonds. The third kappa shape index (κ3) is 2.92. The van der Waals surface area contributed by atoms with E-state index in [1.807, 2.05) is 42.9 Å². The molecule has 0 N–H and O–H groups in total. The van der Waals surface area contributed by atoms with Gasteiger partial charge in [0.2, 0.25) is 0 Å². The first-order valence-corrected chi connectivity index (χ1v) is 9.20. The Morgan fingerprint density at radius 2 is 1.61 bits per heavy atom. The molecule has 1 fully saturated rings. The molecule has 4 aromatic heterocycles. The van der Waals surface area contributed by atoms with E-state index in [9.17, 15) is 0 Å². The molecule has 28 heavy (non-hydrogen) atoms. The Morgan fingerprint density at radius 3 is 2.36 bits per heavy atom. The summed E-state index contributed by atoms with van der Waals surface area (Å²) >= 11 is 0. The van der Waals surface area contributed by atoms with Gasteiger partial charge in [-0.25, -0.2) is 9.67 Å². The molecule has 4 aromatic rings. The van der Waals surface area contributed by atoms with Crippen LogP contribution in [0.15, 0.2) is 36.9 Å². The highest BCUT2D eigenvalue weighted by Gasteiger charge is 2.20. The number of aromatic nitrogens is 8. The molecule has 0 aliphatic carbocycles. The Balaban J connectivity index is 1.32. The zero-order valence-electron chi connectivity index (χ0n) is 15.8. The first kappa shape index (κ1) is 16.6. The van der Waals surface area contributed by atoms with Crippen molar-refractivity contribution in [2.24, 2.45) is 0 Å². The van der Waals surface area contributed by atoms with Crippen molar-refractivity contribution >= 4 is 17.3 Å². The molecule has 0 radical (unpaired) electrons. The Kier molecular flexibility index (Phi) is 3.89. The van der Waals surface area contributed by atoms with Crippen LogP contribution in [0.1, 0.15) is 11.4 Å². The number of aryl methyl sites for hydroxylation is 2. The van der Waals surface area contributed by atoms with E-state index in [1.165, 1.54) is 0 Å². The van der Waals surface area contributed by atoms with E-state index < -0.39 is 0 Å². The number of anilines is 2. The fourth-order valence-electron chi connectivity index (χ4n) is 3.51. The standard InChI is InChI=1S/C18H20N10/c1-13-9-14(2)28(23-13)18-11-19-10-17(21-18)26-7-5-25(6-8-26)16-4-3-15-22-20-12-27(15)24-16/h3-4,9-12H,5-8H2,1-2H3. The van der Waals surface area contributed by atoms with Crippen LogP contribution in [0.4, 0.5) is 11.6 Å². The van der Waals surface area contributed by atoms with Crippen molar-refractivity contribution in [3.05, 3.63) is 48.3 Å². The number of fused-ring (bicyclic) bond motifs is 1. The van der Waals surface area contributed by atoms with Gasteiger partial charge >= 0.3 is 0 Å².